The Hall–Kier alpha value is -1.95. The van der Waals surface area contributed by atoms with Crippen LogP contribution >= 0.6 is 15.9 Å². The summed E-state index contributed by atoms with van der Waals surface area (Å²) in [6.45, 7) is -0.00811. The molecule has 1 amide bonds. The van der Waals surface area contributed by atoms with Crippen molar-refractivity contribution >= 4 is 53.3 Å². The van der Waals surface area contributed by atoms with E-state index < -0.39 is 26.0 Å². The quantitative estimate of drug-likeness (QED) is 0.586. The van der Waals surface area contributed by atoms with Crippen molar-refractivity contribution in [2.24, 2.45) is 0 Å². The number of carbonyl (C=O) groups is 1. The summed E-state index contributed by atoms with van der Waals surface area (Å²) >= 11 is 3.33. The van der Waals surface area contributed by atoms with Gasteiger partial charge in [-0.2, -0.15) is 0 Å². The van der Waals surface area contributed by atoms with Gasteiger partial charge < -0.3 is 4.90 Å². The van der Waals surface area contributed by atoms with Gasteiger partial charge in [0.05, 0.1) is 16.8 Å². The zero-order valence-corrected chi connectivity index (χ0v) is 20.0. The Balaban J connectivity index is 1.90. The second-order valence-corrected chi connectivity index (χ2v) is 12.0. The third-order valence-electron chi connectivity index (χ3n) is 4.83. The summed E-state index contributed by atoms with van der Waals surface area (Å²) in [4.78, 5) is 14.7. The number of para-hydroxylation sites is 1. The Morgan fingerprint density at radius 3 is 2.37 bits per heavy atom. The second-order valence-electron chi connectivity index (χ2n) is 7.09. The average Bonchev–Trinajstić information content (AvgIpc) is 3.09. The molecule has 3 rings (SSSR count). The van der Waals surface area contributed by atoms with E-state index in [0.29, 0.717) is 28.8 Å². The van der Waals surface area contributed by atoms with Gasteiger partial charge in [0.25, 0.3) is 0 Å². The smallest absolute Gasteiger partial charge is 0.247 e. The number of hydrogen-bond donors (Lipinski definition) is 0. The van der Waals surface area contributed by atoms with Crippen LogP contribution < -0.4 is 9.21 Å². The molecule has 0 saturated carbocycles. The molecular formula is C19H22BrN3O5S2. The lowest BCUT2D eigenvalue weighted by atomic mass is 10.2. The van der Waals surface area contributed by atoms with Crippen LogP contribution in [0.4, 0.5) is 11.4 Å². The molecule has 0 atom stereocenters. The number of anilines is 2. The number of benzene rings is 2. The van der Waals surface area contributed by atoms with Crippen molar-refractivity contribution < 1.29 is 21.6 Å². The number of hydrogen-bond acceptors (Lipinski definition) is 5. The normalized spacial score (nSPS) is 14.1. The molecule has 2 aromatic carbocycles. The lowest BCUT2D eigenvalue weighted by molar-refractivity contribution is -0.117. The molecule has 0 aliphatic carbocycles. The van der Waals surface area contributed by atoms with Crippen LogP contribution in [0.15, 0.2) is 51.8 Å². The topological polar surface area (TPSA) is 95.1 Å². The number of amides is 1. The number of carbonyl (C=O) groups excluding carboxylic acids is 1. The van der Waals surface area contributed by atoms with E-state index in [4.69, 9.17) is 0 Å². The van der Waals surface area contributed by atoms with Crippen molar-refractivity contribution in [1.82, 2.24) is 4.31 Å². The van der Waals surface area contributed by atoms with E-state index in [2.05, 4.69) is 15.9 Å². The minimum Gasteiger partial charge on any atom is -0.310 e. The lowest BCUT2D eigenvalue weighted by Crippen LogP contribution is -2.42. The molecule has 11 heteroatoms. The van der Waals surface area contributed by atoms with Crippen LogP contribution in [0.3, 0.4) is 0 Å². The fraction of sp³-hybridized carbons (Fsp3) is 0.316. The van der Waals surface area contributed by atoms with Gasteiger partial charge in [-0.1, -0.05) is 12.1 Å². The molecule has 8 nitrogen and oxygen atoms in total. The molecule has 0 unspecified atom stereocenters. The first-order valence-electron chi connectivity index (χ1n) is 9.01. The first kappa shape index (κ1) is 22.7. The maximum Gasteiger partial charge on any atom is 0.247 e. The van der Waals surface area contributed by atoms with Gasteiger partial charge in [0.1, 0.15) is 6.54 Å². The lowest BCUT2D eigenvalue weighted by Gasteiger charge is -2.26. The van der Waals surface area contributed by atoms with E-state index in [1.807, 2.05) is 0 Å². The van der Waals surface area contributed by atoms with Gasteiger partial charge in [0, 0.05) is 30.8 Å². The van der Waals surface area contributed by atoms with E-state index in [-0.39, 0.29) is 11.4 Å². The van der Waals surface area contributed by atoms with Crippen LogP contribution in [0.1, 0.15) is 5.56 Å². The molecule has 0 fully saturated rings. The molecule has 1 heterocycles. The molecule has 162 valence electrons. The Kier molecular flexibility index (Phi) is 6.28. The first-order valence-corrected chi connectivity index (χ1v) is 13.1. The van der Waals surface area contributed by atoms with Gasteiger partial charge in [-0.15, -0.1) is 0 Å². The molecule has 1 aliphatic rings. The summed E-state index contributed by atoms with van der Waals surface area (Å²) < 4.78 is 52.2. The van der Waals surface area contributed by atoms with Gasteiger partial charge in [0.15, 0.2) is 0 Å². The third-order valence-corrected chi connectivity index (χ3v) is 8.43. The van der Waals surface area contributed by atoms with Crippen LogP contribution in [0, 0.1) is 0 Å². The van der Waals surface area contributed by atoms with Crippen molar-refractivity contribution in [3.05, 3.63) is 52.5 Å². The highest BCUT2D eigenvalue weighted by atomic mass is 79.9. The Morgan fingerprint density at radius 2 is 1.77 bits per heavy atom. The summed E-state index contributed by atoms with van der Waals surface area (Å²) in [6, 6.07) is 11.4. The van der Waals surface area contributed by atoms with Crippen molar-refractivity contribution in [2.45, 2.75) is 11.3 Å². The SMILES string of the molecule is CN(C)S(=O)(=O)c1ccc2c(c1)CCN2C(=O)CN(c1ccccc1Br)S(C)(=O)=O. The zero-order valence-electron chi connectivity index (χ0n) is 16.7. The van der Waals surface area contributed by atoms with Gasteiger partial charge in [-0.3, -0.25) is 9.10 Å². The molecule has 0 aromatic heterocycles. The highest BCUT2D eigenvalue weighted by molar-refractivity contribution is 9.10. The molecule has 30 heavy (non-hydrogen) atoms. The zero-order chi connectivity index (χ0) is 22.3. The van der Waals surface area contributed by atoms with Gasteiger partial charge in [0.2, 0.25) is 26.0 Å². The largest absolute Gasteiger partial charge is 0.310 e. The number of sulfonamides is 2. The second kappa shape index (κ2) is 8.29. The number of halogens is 1. The maximum absolute atomic E-state index is 13.0. The molecule has 0 bridgehead atoms. The molecular weight excluding hydrogens is 494 g/mol. The number of rotatable bonds is 6. The highest BCUT2D eigenvalue weighted by Gasteiger charge is 2.30. The van der Waals surface area contributed by atoms with Gasteiger partial charge in [-0.05, 0) is 58.2 Å². The van der Waals surface area contributed by atoms with E-state index in [0.717, 1.165) is 20.4 Å². The van der Waals surface area contributed by atoms with E-state index in [9.17, 15) is 21.6 Å². The summed E-state index contributed by atoms with van der Waals surface area (Å²) in [5, 5.41) is 0. The minimum atomic E-state index is -3.71. The van der Waals surface area contributed by atoms with Crippen LogP contribution in [0.2, 0.25) is 0 Å². The van der Waals surface area contributed by atoms with Crippen LogP contribution in [0.5, 0.6) is 0 Å². The maximum atomic E-state index is 13.0. The molecule has 0 radical (unpaired) electrons. The van der Waals surface area contributed by atoms with Crippen LogP contribution in [-0.4, -0.2) is 60.5 Å². The molecule has 0 saturated heterocycles. The van der Waals surface area contributed by atoms with Gasteiger partial charge in [-0.25, -0.2) is 21.1 Å². The van der Waals surface area contributed by atoms with Crippen LogP contribution in [-0.2, 0) is 31.3 Å². The standard InChI is InChI=1S/C19H22BrN3O5S2/c1-21(2)30(27,28)15-8-9-17-14(12-15)10-11-22(17)19(24)13-23(29(3,25)26)18-7-5-4-6-16(18)20/h4-9,12H,10-11,13H2,1-3H3. The average molecular weight is 516 g/mol. The Bertz CT molecular complexity index is 1200. The van der Waals surface area contributed by atoms with Crippen molar-refractivity contribution in [1.29, 1.82) is 0 Å². The molecule has 1 aliphatic heterocycles. The summed E-state index contributed by atoms with van der Waals surface area (Å²) in [5.74, 6) is -0.391. The van der Waals surface area contributed by atoms with E-state index in [1.54, 1.807) is 36.4 Å². The van der Waals surface area contributed by atoms with E-state index >= 15 is 0 Å². The number of nitrogens with zero attached hydrogens (tertiary/aromatic N) is 3. The van der Waals surface area contributed by atoms with Crippen molar-refractivity contribution in [3.63, 3.8) is 0 Å². The minimum absolute atomic E-state index is 0.159. The monoisotopic (exact) mass is 515 g/mol. The summed E-state index contributed by atoms with van der Waals surface area (Å²) in [5.41, 5.74) is 1.71. The van der Waals surface area contributed by atoms with Crippen molar-refractivity contribution in [2.75, 3.05) is 42.6 Å². The van der Waals surface area contributed by atoms with Crippen LogP contribution in [0.25, 0.3) is 0 Å². The Labute approximate surface area is 185 Å². The predicted molar refractivity (Wildman–Crippen MR) is 120 cm³/mol. The summed E-state index contributed by atoms with van der Waals surface area (Å²) in [7, 11) is -4.37. The number of fused-ring (bicyclic) bond motifs is 1. The molecule has 0 N–H and O–H groups in total. The fourth-order valence-corrected chi connectivity index (χ4v) is 5.68. The first-order chi connectivity index (χ1) is 13.9. The van der Waals surface area contributed by atoms with Crippen molar-refractivity contribution in [3.8, 4) is 0 Å². The fourth-order valence-electron chi connectivity index (χ4n) is 3.25. The predicted octanol–water partition coefficient (Wildman–Crippen LogP) is 2.05. The molecule has 2 aromatic rings. The van der Waals surface area contributed by atoms with E-state index in [1.165, 1.54) is 25.1 Å². The molecule has 0 spiro atoms. The summed E-state index contributed by atoms with van der Waals surface area (Å²) in [6.07, 6.45) is 1.54. The Morgan fingerprint density at radius 1 is 1.10 bits per heavy atom. The third kappa shape index (κ3) is 4.39. The van der Waals surface area contributed by atoms with Gasteiger partial charge >= 0.3 is 0 Å². The highest BCUT2D eigenvalue weighted by Crippen LogP contribution is 2.32.